The Hall–Kier alpha value is -0.820. The number of nitrogens with two attached hydrogens (primary N) is 1. The van der Waals surface area contributed by atoms with Gasteiger partial charge in [0.1, 0.15) is 0 Å². The van der Waals surface area contributed by atoms with Crippen molar-refractivity contribution in [1.82, 2.24) is 10.2 Å². The van der Waals surface area contributed by atoms with Gasteiger partial charge in [-0.05, 0) is 44.0 Å². The van der Waals surface area contributed by atoms with E-state index in [0.717, 1.165) is 13.1 Å². The number of guanidine groups is 1. The van der Waals surface area contributed by atoms with Crippen molar-refractivity contribution in [1.29, 1.82) is 0 Å². The highest BCUT2D eigenvalue weighted by Gasteiger charge is 2.23. The predicted octanol–water partition coefficient (Wildman–Crippen LogP) is 3.28. The molecule has 3 N–H and O–H groups in total. The van der Waals surface area contributed by atoms with Gasteiger partial charge in [-0.25, -0.2) is 0 Å². The third-order valence-corrected chi connectivity index (χ3v) is 4.94. The van der Waals surface area contributed by atoms with Crippen LogP contribution in [0.1, 0.15) is 44.7 Å². The molecule has 4 nitrogen and oxygen atoms in total. The number of aliphatic imine (C=N–C) groups is 1. The molecule has 0 spiro atoms. The topological polar surface area (TPSA) is 53.6 Å². The molecule has 2 rings (SSSR count). The number of likely N-dealkylation sites (N-methyl/N-ethyl adjacent to an activating group) is 1. The minimum absolute atomic E-state index is 0. The molecular formula is C19H33IN4. The first-order valence-electron chi connectivity index (χ1n) is 8.78. The van der Waals surface area contributed by atoms with E-state index >= 15 is 0 Å². The van der Waals surface area contributed by atoms with Gasteiger partial charge in [0.25, 0.3) is 0 Å². The monoisotopic (exact) mass is 444 g/mol. The summed E-state index contributed by atoms with van der Waals surface area (Å²) in [6.45, 7) is 12.7. The summed E-state index contributed by atoms with van der Waals surface area (Å²) in [5.41, 5.74) is 8.72. The molecule has 1 aromatic rings. The Bertz CT molecular complexity index is 542. The number of likely N-dealkylation sites (tertiary alicyclic amines) is 1. The Labute approximate surface area is 164 Å². The zero-order valence-corrected chi connectivity index (χ0v) is 17.8. The van der Waals surface area contributed by atoms with E-state index in [1.54, 1.807) is 0 Å². The molecule has 0 bridgehead atoms. The lowest BCUT2D eigenvalue weighted by molar-refractivity contribution is 0.267. The molecule has 1 aromatic carbocycles. The molecule has 0 aliphatic carbocycles. The zero-order valence-electron chi connectivity index (χ0n) is 15.5. The first-order chi connectivity index (χ1) is 10.9. The van der Waals surface area contributed by atoms with E-state index < -0.39 is 0 Å². The first kappa shape index (κ1) is 21.2. The van der Waals surface area contributed by atoms with Gasteiger partial charge in [-0.1, -0.05) is 45.0 Å². The molecule has 1 fully saturated rings. The van der Waals surface area contributed by atoms with Crippen molar-refractivity contribution in [3.8, 4) is 0 Å². The second-order valence-corrected chi connectivity index (χ2v) is 7.21. The number of nitrogens with one attached hydrogen (secondary N) is 1. The summed E-state index contributed by atoms with van der Waals surface area (Å²) in [5.74, 6) is 0.564. The lowest BCUT2D eigenvalue weighted by Crippen LogP contribution is -2.43. The molecule has 0 radical (unpaired) electrons. The van der Waals surface area contributed by atoms with Crippen LogP contribution in [0, 0.1) is 6.92 Å². The van der Waals surface area contributed by atoms with Gasteiger partial charge in [0.2, 0.25) is 0 Å². The van der Waals surface area contributed by atoms with Gasteiger partial charge in [-0.2, -0.15) is 0 Å². The van der Waals surface area contributed by atoms with Crippen LogP contribution >= 0.6 is 24.0 Å². The Kier molecular flexibility index (Phi) is 8.50. The van der Waals surface area contributed by atoms with Crippen LogP contribution in [-0.2, 0) is 5.41 Å². The summed E-state index contributed by atoms with van der Waals surface area (Å²) in [6.07, 6.45) is 2.54. The molecule has 5 heteroatoms. The van der Waals surface area contributed by atoms with Crippen molar-refractivity contribution in [3.63, 3.8) is 0 Å². The zero-order chi connectivity index (χ0) is 16.9. The molecule has 1 unspecified atom stereocenters. The molecule has 136 valence electrons. The van der Waals surface area contributed by atoms with Gasteiger partial charge in [-0.15, -0.1) is 24.0 Å². The number of halogens is 1. The van der Waals surface area contributed by atoms with E-state index in [1.807, 2.05) is 0 Å². The Morgan fingerprint density at radius 3 is 2.75 bits per heavy atom. The minimum atomic E-state index is -0.0134. The van der Waals surface area contributed by atoms with Crippen LogP contribution in [0.4, 0.5) is 0 Å². The van der Waals surface area contributed by atoms with E-state index in [1.165, 1.54) is 30.5 Å². The van der Waals surface area contributed by atoms with Gasteiger partial charge in [0.15, 0.2) is 5.96 Å². The quantitative estimate of drug-likeness (QED) is 0.402. The first-order valence-corrected chi connectivity index (χ1v) is 8.78. The van der Waals surface area contributed by atoms with E-state index in [9.17, 15) is 0 Å². The minimum Gasteiger partial charge on any atom is -0.370 e. The van der Waals surface area contributed by atoms with E-state index in [2.05, 4.69) is 67.2 Å². The Balaban J connectivity index is 0.00000288. The highest BCUT2D eigenvalue weighted by molar-refractivity contribution is 14.0. The van der Waals surface area contributed by atoms with Crippen molar-refractivity contribution in [2.45, 2.75) is 52.0 Å². The molecule has 1 aliphatic heterocycles. The van der Waals surface area contributed by atoms with Crippen molar-refractivity contribution in [3.05, 3.63) is 35.4 Å². The number of hydrogen-bond donors (Lipinski definition) is 2. The summed E-state index contributed by atoms with van der Waals surface area (Å²) < 4.78 is 0. The molecule has 1 aliphatic rings. The van der Waals surface area contributed by atoms with Crippen LogP contribution in [0.3, 0.4) is 0 Å². The summed E-state index contributed by atoms with van der Waals surface area (Å²) >= 11 is 0. The highest BCUT2D eigenvalue weighted by Crippen LogP contribution is 2.26. The van der Waals surface area contributed by atoms with Crippen LogP contribution in [0.15, 0.2) is 29.3 Å². The number of benzene rings is 1. The van der Waals surface area contributed by atoms with Crippen LogP contribution in [-0.4, -0.2) is 43.1 Å². The summed E-state index contributed by atoms with van der Waals surface area (Å²) in [7, 11) is 0. The molecule has 1 heterocycles. The number of nitrogens with zero attached hydrogens (tertiary/aromatic N) is 2. The van der Waals surface area contributed by atoms with Gasteiger partial charge in [0, 0.05) is 18.0 Å². The van der Waals surface area contributed by atoms with Crippen LogP contribution in [0.5, 0.6) is 0 Å². The Morgan fingerprint density at radius 2 is 2.08 bits per heavy atom. The molecule has 1 saturated heterocycles. The summed E-state index contributed by atoms with van der Waals surface area (Å²) in [6, 6.07) is 9.11. The normalized spacial score (nSPS) is 19.2. The molecule has 0 amide bonds. The fourth-order valence-corrected chi connectivity index (χ4v) is 3.52. The standard InChI is InChI=1S/C19H32N4.HI/c1-5-23-12-8-10-16(23)13-21-18(20)22-14-19(3,4)17-11-7-6-9-15(17)2;/h6-7,9,11,16H,5,8,10,12-14H2,1-4H3,(H3,20,21,22);1H. The smallest absolute Gasteiger partial charge is 0.188 e. The largest absolute Gasteiger partial charge is 0.370 e. The van der Waals surface area contributed by atoms with Gasteiger partial charge in [-0.3, -0.25) is 9.89 Å². The molecular weight excluding hydrogens is 411 g/mol. The summed E-state index contributed by atoms with van der Waals surface area (Å²) in [5, 5.41) is 3.31. The van der Waals surface area contributed by atoms with Gasteiger partial charge in [0.05, 0.1) is 6.54 Å². The maximum absolute atomic E-state index is 6.08. The average Bonchev–Trinajstić information content (AvgIpc) is 2.99. The SMILES string of the molecule is CCN1CCCC1CNC(N)=NCC(C)(C)c1ccccc1C.I. The van der Waals surface area contributed by atoms with Crippen molar-refractivity contribution >= 4 is 29.9 Å². The second-order valence-electron chi connectivity index (χ2n) is 7.21. The van der Waals surface area contributed by atoms with Crippen molar-refractivity contribution < 1.29 is 0 Å². The average molecular weight is 444 g/mol. The molecule has 1 atom stereocenters. The Morgan fingerprint density at radius 1 is 1.38 bits per heavy atom. The molecule has 0 aromatic heterocycles. The van der Waals surface area contributed by atoms with Crippen LogP contribution in [0.2, 0.25) is 0 Å². The predicted molar refractivity (Wildman–Crippen MR) is 114 cm³/mol. The van der Waals surface area contributed by atoms with Gasteiger partial charge < -0.3 is 11.1 Å². The lowest BCUT2D eigenvalue weighted by atomic mass is 9.82. The van der Waals surface area contributed by atoms with Crippen molar-refractivity contribution in [2.24, 2.45) is 10.7 Å². The fraction of sp³-hybridized carbons (Fsp3) is 0.632. The number of hydrogen-bond acceptors (Lipinski definition) is 2. The van der Waals surface area contributed by atoms with Crippen LogP contribution < -0.4 is 11.1 Å². The third-order valence-electron chi connectivity index (χ3n) is 4.94. The second kappa shape index (κ2) is 9.61. The van der Waals surface area contributed by atoms with E-state index in [-0.39, 0.29) is 29.4 Å². The number of rotatable bonds is 6. The fourth-order valence-electron chi connectivity index (χ4n) is 3.52. The van der Waals surface area contributed by atoms with Crippen molar-refractivity contribution in [2.75, 3.05) is 26.2 Å². The molecule has 0 saturated carbocycles. The third kappa shape index (κ3) is 5.62. The van der Waals surface area contributed by atoms with Gasteiger partial charge >= 0.3 is 0 Å². The van der Waals surface area contributed by atoms with E-state index in [0.29, 0.717) is 18.5 Å². The van der Waals surface area contributed by atoms with E-state index in [4.69, 9.17) is 5.73 Å². The lowest BCUT2D eigenvalue weighted by Gasteiger charge is -2.26. The highest BCUT2D eigenvalue weighted by atomic mass is 127. The maximum atomic E-state index is 6.08. The number of aryl methyl sites for hydroxylation is 1. The maximum Gasteiger partial charge on any atom is 0.188 e. The summed E-state index contributed by atoms with van der Waals surface area (Å²) in [4.78, 5) is 7.10. The van der Waals surface area contributed by atoms with Crippen LogP contribution in [0.25, 0.3) is 0 Å². The molecule has 24 heavy (non-hydrogen) atoms.